The molecule has 21 heavy (non-hydrogen) atoms. The highest BCUT2D eigenvalue weighted by molar-refractivity contribution is 6.02. The van der Waals surface area contributed by atoms with E-state index >= 15 is 0 Å². The Morgan fingerprint density at radius 1 is 1.24 bits per heavy atom. The Kier molecular flexibility index (Phi) is 8.93. The monoisotopic (exact) mass is 288 g/mol. The molecule has 0 radical (unpaired) electrons. The summed E-state index contributed by atoms with van der Waals surface area (Å²) in [6, 6.07) is 5.82. The number of nitrogens with one attached hydrogen (secondary N) is 2. The van der Waals surface area contributed by atoms with Crippen LogP contribution < -0.4 is 10.2 Å². The van der Waals surface area contributed by atoms with Crippen LogP contribution in [0.15, 0.2) is 36.7 Å². The standard InChI is InChI=1S/C17H28N4/c1-3-4-5-6-7-10-15-21(16(18)12-14-19-2)17-11-8-9-13-20-17/h8-9,11-14,18-19H,3-7,10,15H2,1-2H3/b14-12-,18-16?. The van der Waals surface area contributed by atoms with Gasteiger partial charge < -0.3 is 10.2 Å². The van der Waals surface area contributed by atoms with E-state index in [9.17, 15) is 0 Å². The van der Waals surface area contributed by atoms with Crippen molar-refractivity contribution >= 4 is 11.7 Å². The quantitative estimate of drug-likeness (QED) is 0.389. The first-order valence-corrected chi connectivity index (χ1v) is 7.90. The second kappa shape index (κ2) is 10.9. The number of hydrogen-bond donors (Lipinski definition) is 2. The van der Waals surface area contributed by atoms with Crippen molar-refractivity contribution in [3.8, 4) is 0 Å². The Morgan fingerprint density at radius 3 is 2.67 bits per heavy atom. The summed E-state index contributed by atoms with van der Waals surface area (Å²) >= 11 is 0. The number of unbranched alkanes of at least 4 members (excludes halogenated alkanes) is 5. The van der Waals surface area contributed by atoms with Gasteiger partial charge in [-0.25, -0.2) is 4.98 Å². The second-order valence-corrected chi connectivity index (χ2v) is 5.11. The number of aromatic nitrogens is 1. The molecule has 1 heterocycles. The molecule has 4 heteroatoms. The van der Waals surface area contributed by atoms with E-state index in [1.807, 2.05) is 30.1 Å². The Morgan fingerprint density at radius 2 is 2.00 bits per heavy atom. The smallest absolute Gasteiger partial charge is 0.134 e. The van der Waals surface area contributed by atoms with Crippen LogP contribution in [0.5, 0.6) is 0 Å². The second-order valence-electron chi connectivity index (χ2n) is 5.11. The predicted molar refractivity (Wildman–Crippen MR) is 90.9 cm³/mol. The van der Waals surface area contributed by atoms with Crippen LogP contribution in [0.25, 0.3) is 0 Å². The average Bonchev–Trinajstić information content (AvgIpc) is 2.53. The van der Waals surface area contributed by atoms with E-state index in [0.29, 0.717) is 5.84 Å². The minimum absolute atomic E-state index is 0.469. The first kappa shape index (κ1) is 17.2. The molecule has 0 aromatic carbocycles. The Hall–Kier alpha value is -1.84. The van der Waals surface area contributed by atoms with Crippen LogP contribution in [0.4, 0.5) is 5.82 Å². The van der Waals surface area contributed by atoms with Crippen molar-refractivity contribution < 1.29 is 0 Å². The zero-order valence-electron chi connectivity index (χ0n) is 13.3. The first-order valence-electron chi connectivity index (χ1n) is 7.90. The minimum Gasteiger partial charge on any atom is -0.394 e. The molecule has 0 saturated carbocycles. The van der Waals surface area contributed by atoms with Crippen molar-refractivity contribution in [3.05, 3.63) is 36.7 Å². The largest absolute Gasteiger partial charge is 0.394 e. The van der Waals surface area contributed by atoms with Crippen molar-refractivity contribution in [2.24, 2.45) is 0 Å². The average molecular weight is 288 g/mol. The van der Waals surface area contributed by atoms with Crippen LogP contribution in [0, 0.1) is 5.41 Å². The molecule has 116 valence electrons. The van der Waals surface area contributed by atoms with Crippen LogP contribution >= 0.6 is 0 Å². The molecule has 0 saturated heterocycles. The molecule has 0 amide bonds. The van der Waals surface area contributed by atoms with Crippen molar-refractivity contribution in [1.29, 1.82) is 5.41 Å². The van der Waals surface area contributed by atoms with E-state index in [1.165, 1.54) is 32.1 Å². The minimum atomic E-state index is 0.469. The van der Waals surface area contributed by atoms with Gasteiger partial charge in [0.05, 0.1) is 0 Å². The summed E-state index contributed by atoms with van der Waals surface area (Å²) in [6.07, 6.45) is 12.8. The van der Waals surface area contributed by atoms with Gasteiger partial charge in [-0.2, -0.15) is 0 Å². The molecule has 0 aliphatic carbocycles. The Bertz CT molecular complexity index is 414. The highest BCUT2D eigenvalue weighted by atomic mass is 15.2. The van der Waals surface area contributed by atoms with E-state index in [0.717, 1.165) is 18.8 Å². The van der Waals surface area contributed by atoms with Gasteiger partial charge >= 0.3 is 0 Å². The summed E-state index contributed by atoms with van der Waals surface area (Å²) in [6.45, 7) is 3.08. The van der Waals surface area contributed by atoms with E-state index < -0.39 is 0 Å². The number of anilines is 1. The Labute approximate surface area is 128 Å². The van der Waals surface area contributed by atoms with Gasteiger partial charge in [0, 0.05) is 19.8 Å². The third-order valence-corrected chi connectivity index (χ3v) is 3.36. The molecule has 4 nitrogen and oxygen atoms in total. The lowest BCUT2D eigenvalue weighted by molar-refractivity contribution is 0.610. The van der Waals surface area contributed by atoms with Gasteiger partial charge in [0.15, 0.2) is 0 Å². The molecule has 0 aliphatic rings. The van der Waals surface area contributed by atoms with Gasteiger partial charge in [0.1, 0.15) is 11.7 Å². The van der Waals surface area contributed by atoms with Gasteiger partial charge in [-0.05, 0) is 30.8 Å². The van der Waals surface area contributed by atoms with Gasteiger partial charge in [-0.3, -0.25) is 5.41 Å². The highest BCUT2D eigenvalue weighted by Crippen LogP contribution is 2.13. The van der Waals surface area contributed by atoms with Gasteiger partial charge in [0.25, 0.3) is 0 Å². The maximum atomic E-state index is 8.19. The predicted octanol–water partition coefficient (Wildman–Crippen LogP) is 3.96. The highest BCUT2D eigenvalue weighted by Gasteiger charge is 2.10. The molecule has 1 aromatic heterocycles. The molecule has 0 unspecified atom stereocenters. The number of rotatable bonds is 10. The third-order valence-electron chi connectivity index (χ3n) is 3.36. The fraction of sp³-hybridized carbons (Fsp3) is 0.529. The molecule has 1 aromatic rings. The van der Waals surface area contributed by atoms with Crippen LogP contribution in [0.3, 0.4) is 0 Å². The maximum Gasteiger partial charge on any atom is 0.134 e. The molecular formula is C17H28N4. The summed E-state index contributed by atoms with van der Waals surface area (Å²) in [4.78, 5) is 6.33. The molecular weight excluding hydrogens is 260 g/mol. The van der Waals surface area contributed by atoms with Crippen molar-refractivity contribution in [3.63, 3.8) is 0 Å². The summed E-state index contributed by atoms with van der Waals surface area (Å²) < 4.78 is 0. The maximum absolute atomic E-state index is 8.19. The van der Waals surface area contributed by atoms with Crippen LogP contribution in [0.2, 0.25) is 0 Å². The van der Waals surface area contributed by atoms with Crippen LogP contribution in [-0.4, -0.2) is 24.4 Å². The molecule has 0 aliphatic heterocycles. The van der Waals surface area contributed by atoms with Crippen molar-refractivity contribution in [1.82, 2.24) is 10.3 Å². The normalized spacial score (nSPS) is 10.8. The van der Waals surface area contributed by atoms with E-state index in [1.54, 1.807) is 18.5 Å². The first-order chi connectivity index (χ1) is 10.3. The molecule has 1 rings (SSSR count). The summed E-state index contributed by atoms with van der Waals surface area (Å²) in [7, 11) is 1.84. The SMILES string of the molecule is CCCCCCCCN(C(=N)/C=C\NC)c1ccccn1. The summed E-state index contributed by atoms with van der Waals surface area (Å²) in [5, 5.41) is 11.1. The molecule has 0 atom stereocenters. The lowest BCUT2D eigenvalue weighted by atomic mass is 10.1. The lowest BCUT2D eigenvalue weighted by Crippen LogP contribution is -2.30. The fourth-order valence-corrected chi connectivity index (χ4v) is 2.17. The number of pyridine rings is 1. The van der Waals surface area contributed by atoms with E-state index in [4.69, 9.17) is 5.41 Å². The van der Waals surface area contributed by atoms with Crippen LogP contribution in [-0.2, 0) is 0 Å². The van der Waals surface area contributed by atoms with Crippen molar-refractivity contribution in [2.75, 3.05) is 18.5 Å². The third kappa shape index (κ3) is 6.93. The van der Waals surface area contributed by atoms with E-state index in [2.05, 4.69) is 17.2 Å². The van der Waals surface area contributed by atoms with Crippen molar-refractivity contribution in [2.45, 2.75) is 45.4 Å². The number of hydrogen-bond acceptors (Lipinski definition) is 3. The molecule has 0 fully saturated rings. The summed E-state index contributed by atoms with van der Waals surface area (Å²) in [5.41, 5.74) is 0. The molecule has 0 bridgehead atoms. The Balaban J connectivity index is 2.53. The zero-order chi connectivity index (χ0) is 15.3. The van der Waals surface area contributed by atoms with Crippen LogP contribution in [0.1, 0.15) is 45.4 Å². The lowest BCUT2D eigenvalue weighted by Gasteiger charge is -2.22. The fourth-order valence-electron chi connectivity index (χ4n) is 2.17. The molecule has 0 spiro atoms. The zero-order valence-corrected chi connectivity index (χ0v) is 13.3. The molecule has 2 N–H and O–H groups in total. The van der Waals surface area contributed by atoms with E-state index in [-0.39, 0.29) is 0 Å². The van der Waals surface area contributed by atoms with Gasteiger partial charge in [-0.1, -0.05) is 45.1 Å². The number of nitrogens with zero attached hydrogens (tertiary/aromatic N) is 2. The topological polar surface area (TPSA) is 52.0 Å². The van der Waals surface area contributed by atoms with Gasteiger partial charge in [0.2, 0.25) is 0 Å². The van der Waals surface area contributed by atoms with Gasteiger partial charge in [-0.15, -0.1) is 0 Å². The summed E-state index contributed by atoms with van der Waals surface area (Å²) in [5.74, 6) is 1.31. The number of amidine groups is 1.